The number of amides is 1. The first-order valence-electron chi connectivity index (χ1n) is 8.42. The van der Waals surface area contributed by atoms with Gasteiger partial charge in [-0.25, -0.2) is 4.98 Å². The second-order valence-corrected chi connectivity index (χ2v) is 7.22. The van der Waals surface area contributed by atoms with Crippen LogP contribution in [0.25, 0.3) is 0 Å². The Labute approximate surface area is 142 Å². The summed E-state index contributed by atoms with van der Waals surface area (Å²) < 4.78 is 5.35. The van der Waals surface area contributed by atoms with Crippen molar-refractivity contribution in [2.24, 2.45) is 11.8 Å². The van der Waals surface area contributed by atoms with Crippen molar-refractivity contribution in [2.75, 3.05) is 25.5 Å². The Morgan fingerprint density at radius 1 is 1.42 bits per heavy atom. The lowest BCUT2D eigenvalue weighted by Gasteiger charge is -2.28. The van der Waals surface area contributed by atoms with Crippen molar-refractivity contribution in [1.82, 2.24) is 9.88 Å². The minimum atomic E-state index is -0.796. The van der Waals surface area contributed by atoms with E-state index in [1.54, 1.807) is 19.4 Å². The molecule has 0 unspecified atom stereocenters. The van der Waals surface area contributed by atoms with Crippen LogP contribution in [-0.2, 0) is 9.53 Å². The van der Waals surface area contributed by atoms with Crippen molar-refractivity contribution >= 4 is 11.7 Å². The number of carbonyl (C=O) groups excluding carboxylic acids is 1. The summed E-state index contributed by atoms with van der Waals surface area (Å²) in [6.45, 7) is 5.05. The number of likely N-dealkylation sites (tertiary alicyclic amines) is 1. The fourth-order valence-corrected chi connectivity index (χ4v) is 3.35. The van der Waals surface area contributed by atoms with Crippen LogP contribution in [0, 0.1) is 23.2 Å². The van der Waals surface area contributed by atoms with Gasteiger partial charge in [0.25, 0.3) is 5.91 Å². The smallest absolute Gasteiger partial charge is 0.254 e. The summed E-state index contributed by atoms with van der Waals surface area (Å²) in [6, 6.07) is 5.84. The minimum Gasteiger partial charge on any atom is -0.369 e. The Balaban J connectivity index is 1.71. The molecule has 1 aliphatic heterocycles. The summed E-state index contributed by atoms with van der Waals surface area (Å²) in [5, 5.41) is 12.3. The molecule has 2 aliphatic rings. The molecule has 1 amide bonds. The number of methoxy groups -OCH3 is 1. The normalized spacial score (nSPS) is 23.8. The third-order valence-corrected chi connectivity index (χ3v) is 5.13. The third kappa shape index (κ3) is 3.36. The molecule has 0 spiro atoms. The van der Waals surface area contributed by atoms with E-state index in [9.17, 15) is 4.79 Å². The molecule has 1 aromatic rings. The zero-order valence-electron chi connectivity index (χ0n) is 14.5. The van der Waals surface area contributed by atoms with Gasteiger partial charge >= 0.3 is 0 Å². The van der Waals surface area contributed by atoms with E-state index in [0.29, 0.717) is 23.9 Å². The zero-order valence-corrected chi connectivity index (χ0v) is 14.5. The maximum absolute atomic E-state index is 12.7. The lowest BCUT2D eigenvalue weighted by atomic mass is 9.98. The molecule has 0 bridgehead atoms. The summed E-state index contributed by atoms with van der Waals surface area (Å²) in [4.78, 5) is 18.9. The highest BCUT2D eigenvalue weighted by atomic mass is 16.5. The molecule has 2 fully saturated rings. The summed E-state index contributed by atoms with van der Waals surface area (Å²) >= 11 is 0. The van der Waals surface area contributed by atoms with Crippen molar-refractivity contribution in [3.63, 3.8) is 0 Å². The van der Waals surface area contributed by atoms with E-state index in [2.05, 4.69) is 16.4 Å². The van der Waals surface area contributed by atoms with Gasteiger partial charge in [0.2, 0.25) is 0 Å². The van der Waals surface area contributed by atoms with Gasteiger partial charge in [-0.15, -0.1) is 0 Å². The Morgan fingerprint density at radius 3 is 2.71 bits per heavy atom. The van der Waals surface area contributed by atoms with E-state index in [1.165, 1.54) is 12.8 Å². The van der Waals surface area contributed by atoms with Crippen LogP contribution in [-0.4, -0.2) is 47.6 Å². The molecule has 1 aliphatic carbocycles. The predicted molar refractivity (Wildman–Crippen MR) is 90.2 cm³/mol. The quantitative estimate of drug-likeness (QED) is 0.895. The molecule has 3 rings (SSSR count). The first kappa shape index (κ1) is 16.7. The Bertz CT molecular complexity index is 646. The minimum absolute atomic E-state index is 0.0349. The van der Waals surface area contributed by atoms with Crippen LogP contribution in [0.5, 0.6) is 0 Å². The second-order valence-electron chi connectivity index (χ2n) is 7.22. The van der Waals surface area contributed by atoms with E-state index in [0.717, 1.165) is 12.4 Å². The standard InChI is InChI=1S/C18H24N4O2/c1-18(2,24-3)17(23)22-10-14(13-5-6-13)15(11-22)21-16-7-4-12(8-19)9-20-16/h4,7,9,13-15H,5-6,10-11H2,1-3H3,(H,20,21)/t14-,15+/m1/s1. The van der Waals surface area contributed by atoms with Gasteiger partial charge in [0.15, 0.2) is 0 Å². The molecule has 24 heavy (non-hydrogen) atoms. The fourth-order valence-electron chi connectivity index (χ4n) is 3.35. The highest BCUT2D eigenvalue weighted by Gasteiger charge is 2.46. The monoisotopic (exact) mass is 328 g/mol. The van der Waals surface area contributed by atoms with Gasteiger partial charge in [-0.3, -0.25) is 4.79 Å². The number of carbonyl (C=O) groups is 1. The summed E-state index contributed by atoms with van der Waals surface area (Å²) in [5.41, 5.74) is -0.250. The molecule has 6 heteroatoms. The average molecular weight is 328 g/mol. The maximum Gasteiger partial charge on any atom is 0.254 e. The molecule has 2 atom stereocenters. The van der Waals surface area contributed by atoms with Gasteiger partial charge in [-0.05, 0) is 44.7 Å². The predicted octanol–water partition coefficient (Wildman–Crippen LogP) is 2.03. The number of pyridine rings is 1. The Kier molecular flexibility index (Phi) is 4.46. The number of anilines is 1. The van der Waals surface area contributed by atoms with E-state index in [1.807, 2.05) is 24.8 Å². The molecule has 1 N–H and O–H groups in total. The number of ether oxygens (including phenoxy) is 1. The Morgan fingerprint density at radius 2 is 2.17 bits per heavy atom. The topological polar surface area (TPSA) is 78.2 Å². The second kappa shape index (κ2) is 6.40. The fraction of sp³-hybridized carbons (Fsp3) is 0.611. The van der Waals surface area contributed by atoms with Crippen LogP contribution in [0.15, 0.2) is 18.3 Å². The number of nitriles is 1. The SMILES string of the molecule is COC(C)(C)C(=O)N1C[C@H](Nc2ccc(C#N)cn2)[C@@H](C2CC2)C1. The maximum atomic E-state index is 12.7. The van der Waals surface area contributed by atoms with Gasteiger partial charge in [-0.1, -0.05) is 0 Å². The molecule has 128 valence electrons. The number of aromatic nitrogens is 1. The molecule has 1 saturated carbocycles. The first-order chi connectivity index (χ1) is 11.4. The highest BCUT2D eigenvalue weighted by molar-refractivity contribution is 5.84. The lowest BCUT2D eigenvalue weighted by Crippen LogP contribution is -2.46. The van der Waals surface area contributed by atoms with Gasteiger partial charge in [0, 0.05) is 38.4 Å². The van der Waals surface area contributed by atoms with Crippen LogP contribution < -0.4 is 5.32 Å². The molecular formula is C18H24N4O2. The Hall–Kier alpha value is -2.13. The number of rotatable bonds is 5. The molecule has 0 radical (unpaired) electrons. The van der Waals surface area contributed by atoms with E-state index in [4.69, 9.17) is 10.00 Å². The average Bonchev–Trinajstić information content (AvgIpc) is 3.36. The van der Waals surface area contributed by atoms with Crippen molar-refractivity contribution in [1.29, 1.82) is 5.26 Å². The van der Waals surface area contributed by atoms with Crippen molar-refractivity contribution in [3.05, 3.63) is 23.9 Å². The highest BCUT2D eigenvalue weighted by Crippen LogP contribution is 2.42. The lowest BCUT2D eigenvalue weighted by molar-refractivity contribution is -0.150. The number of nitrogens with one attached hydrogen (secondary N) is 1. The van der Waals surface area contributed by atoms with Gasteiger partial charge in [-0.2, -0.15) is 5.26 Å². The molecule has 6 nitrogen and oxygen atoms in total. The van der Waals surface area contributed by atoms with Crippen LogP contribution in [0.2, 0.25) is 0 Å². The van der Waals surface area contributed by atoms with Crippen molar-refractivity contribution < 1.29 is 9.53 Å². The number of hydrogen-bond acceptors (Lipinski definition) is 5. The molecule has 0 aromatic carbocycles. The van der Waals surface area contributed by atoms with E-state index in [-0.39, 0.29) is 11.9 Å². The molecule has 2 heterocycles. The third-order valence-electron chi connectivity index (χ3n) is 5.13. The summed E-state index contributed by atoms with van der Waals surface area (Å²) in [7, 11) is 1.57. The van der Waals surface area contributed by atoms with E-state index >= 15 is 0 Å². The van der Waals surface area contributed by atoms with Gasteiger partial charge < -0.3 is 15.0 Å². The van der Waals surface area contributed by atoms with Crippen molar-refractivity contribution in [3.8, 4) is 6.07 Å². The zero-order chi connectivity index (χ0) is 17.3. The molecule has 1 saturated heterocycles. The van der Waals surface area contributed by atoms with Gasteiger partial charge in [0.05, 0.1) is 5.56 Å². The van der Waals surface area contributed by atoms with E-state index < -0.39 is 5.60 Å². The van der Waals surface area contributed by atoms with Crippen LogP contribution in [0.1, 0.15) is 32.3 Å². The number of hydrogen-bond donors (Lipinski definition) is 1. The van der Waals surface area contributed by atoms with Crippen LogP contribution in [0.3, 0.4) is 0 Å². The van der Waals surface area contributed by atoms with Gasteiger partial charge in [0.1, 0.15) is 17.5 Å². The first-order valence-corrected chi connectivity index (χ1v) is 8.42. The summed E-state index contributed by atoms with van der Waals surface area (Å²) in [5.74, 6) is 1.92. The molecular weight excluding hydrogens is 304 g/mol. The van der Waals surface area contributed by atoms with Crippen LogP contribution >= 0.6 is 0 Å². The summed E-state index contributed by atoms with van der Waals surface area (Å²) in [6.07, 6.45) is 4.04. The molecule has 1 aromatic heterocycles. The largest absolute Gasteiger partial charge is 0.369 e. The van der Waals surface area contributed by atoms with Crippen molar-refractivity contribution in [2.45, 2.75) is 38.3 Å². The number of nitrogens with zero attached hydrogens (tertiary/aromatic N) is 3. The van der Waals surface area contributed by atoms with Crippen LogP contribution in [0.4, 0.5) is 5.82 Å².